The van der Waals surface area contributed by atoms with E-state index in [4.69, 9.17) is 34.8 Å². The number of halogens is 3. The van der Waals surface area contributed by atoms with E-state index in [2.05, 4.69) is 5.10 Å². The second-order valence-corrected chi connectivity index (χ2v) is 6.78. The number of carbonyl (C=O) groups is 1. The molecule has 0 saturated carbocycles. The summed E-state index contributed by atoms with van der Waals surface area (Å²) >= 11 is 18.2. The van der Waals surface area contributed by atoms with Crippen LogP contribution < -0.4 is 0 Å². The smallest absolute Gasteiger partial charge is 0.340 e. The van der Waals surface area contributed by atoms with Gasteiger partial charge in [0.1, 0.15) is 10.7 Å². The van der Waals surface area contributed by atoms with Crippen molar-refractivity contribution in [2.24, 2.45) is 0 Å². The molecular weight excluding hydrogens is 335 g/mol. The fourth-order valence-corrected chi connectivity index (χ4v) is 2.71. The van der Waals surface area contributed by atoms with Crippen LogP contribution >= 0.6 is 34.8 Å². The van der Waals surface area contributed by atoms with Gasteiger partial charge in [0.25, 0.3) is 0 Å². The van der Waals surface area contributed by atoms with Gasteiger partial charge in [0.05, 0.1) is 16.4 Å². The first-order chi connectivity index (χ1) is 9.62. The summed E-state index contributed by atoms with van der Waals surface area (Å²) in [6.07, 6.45) is 0. The summed E-state index contributed by atoms with van der Waals surface area (Å²) in [5.74, 6) is -1.12. The van der Waals surface area contributed by atoms with Gasteiger partial charge in [-0.1, -0.05) is 55.6 Å². The van der Waals surface area contributed by atoms with E-state index in [-0.39, 0.29) is 10.7 Å². The molecule has 7 heteroatoms. The molecular formula is C14H13Cl3N2O2. The molecule has 112 valence electrons. The van der Waals surface area contributed by atoms with Crippen molar-refractivity contribution in [2.45, 2.75) is 26.2 Å². The molecule has 0 unspecified atom stereocenters. The number of nitrogens with zero attached hydrogens (tertiary/aromatic N) is 2. The number of benzene rings is 1. The first kappa shape index (κ1) is 16.1. The summed E-state index contributed by atoms with van der Waals surface area (Å²) in [5.41, 5.74) is 0.381. The Kier molecular flexibility index (Phi) is 4.24. The number of hydrogen-bond acceptors (Lipinski definition) is 2. The monoisotopic (exact) mass is 346 g/mol. The van der Waals surface area contributed by atoms with Gasteiger partial charge in [-0.3, -0.25) is 0 Å². The van der Waals surface area contributed by atoms with Gasteiger partial charge in [-0.2, -0.15) is 5.10 Å². The van der Waals surface area contributed by atoms with Crippen molar-refractivity contribution in [3.05, 3.63) is 44.7 Å². The van der Waals surface area contributed by atoms with E-state index in [0.29, 0.717) is 21.4 Å². The topological polar surface area (TPSA) is 55.1 Å². The average molecular weight is 348 g/mol. The van der Waals surface area contributed by atoms with Gasteiger partial charge in [0.2, 0.25) is 0 Å². The van der Waals surface area contributed by atoms with Crippen molar-refractivity contribution in [2.75, 3.05) is 0 Å². The molecule has 4 nitrogen and oxygen atoms in total. The minimum absolute atomic E-state index is 0.0108. The number of aromatic nitrogens is 2. The second-order valence-electron chi connectivity index (χ2n) is 5.58. The average Bonchev–Trinajstić information content (AvgIpc) is 2.67. The first-order valence-corrected chi connectivity index (χ1v) is 7.24. The normalized spacial score (nSPS) is 11.7. The zero-order valence-corrected chi connectivity index (χ0v) is 13.9. The summed E-state index contributed by atoms with van der Waals surface area (Å²) < 4.78 is 1.32. The number of aromatic carboxylic acids is 1. The Morgan fingerprint density at radius 1 is 1.24 bits per heavy atom. The molecule has 0 aliphatic heterocycles. The van der Waals surface area contributed by atoms with E-state index >= 15 is 0 Å². The number of carboxylic acid groups (broad SMARTS) is 1. The zero-order chi connectivity index (χ0) is 15.9. The van der Waals surface area contributed by atoms with Crippen molar-refractivity contribution < 1.29 is 9.90 Å². The third-order valence-electron chi connectivity index (χ3n) is 2.89. The highest BCUT2D eigenvalue weighted by atomic mass is 35.5. The van der Waals surface area contributed by atoms with Crippen LogP contribution in [0.1, 0.15) is 36.8 Å². The molecule has 0 radical (unpaired) electrons. The molecule has 2 rings (SSSR count). The van der Waals surface area contributed by atoms with Crippen LogP contribution in [0, 0.1) is 0 Å². The van der Waals surface area contributed by atoms with Gasteiger partial charge in [0, 0.05) is 10.4 Å². The van der Waals surface area contributed by atoms with Crippen molar-refractivity contribution in [1.82, 2.24) is 9.78 Å². The lowest BCUT2D eigenvalue weighted by molar-refractivity contribution is 0.0694. The Labute approximate surface area is 137 Å². The van der Waals surface area contributed by atoms with E-state index in [9.17, 15) is 9.90 Å². The molecule has 1 aromatic heterocycles. The Morgan fingerprint density at radius 3 is 2.29 bits per heavy atom. The second kappa shape index (κ2) is 5.52. The van der Waals surface area contributed by atoms with Crippen LogP contribution in [0.4, 0.5) is 0 Å². The minimum atomic E-state index is -1.12. The molecule has 0 aliphatic rings. The first-order valence-electron chi connectivity index (χ1n) is 6.10. The largest absolute Gasteiger partial charge is 0.478 e. The van der Waals surface area contributed by atoms with Crippen LogP contribution in [0.5, 0.6) is 0 Å². The Bertz CT molecular complexity index is 718. The summed E-state index contributed by atoms with van der Waals surface area (Å²) in [6.45, 7) is 5.60. The quantitative estimate of drug-likeness (QED) is 0.846. The van der Waals surface area contributed by atoms with Gasteiger partial charge in [0.15, 0.2) is 0 Å². The fourth-order valence-electron chi connectivity index (χ4n) is 1.92. The van der Waals surface area contributed by atoms with Gasteiger partial charge in [-0.25, -0.2) is 9.48 Å². The Morgan fingerprint density at radius 2 is 1.86 bits per heavy atom. The van der Waals surface area contributed by atoms with Gasteiger partial charge >= 0.3 is 5.97 Å². The van der Waals surface area contributed by atoms with Crippen LogP contribution in [0.3, 0.4) is 0 Å². The minimum Gasteiger partial charge on any atom is -0.478 e. The van der Waals surface area contributed by atoms with E-state index in [0.717, 1.165) is 0 Å². The maximum Gasteiger partial charge on any atom is 0.340 e. The molecule has 1 N–H and O–H groups in total. The van der Waals surface area contributed by atoms with E-state index in [1.54, 1.807) is 18.2 Å². The highest BCUT2D eigenvalue weighted by molar-refractivity contribution is 6.36. The molecule has 1 heterocycles. The van der Waals surface area contributed by atoms with Crippen molar-refractivity contribution in [3.8, 4) is 5.69 Å². The predicted octanol–water partition coefficient (Wildman–Crippen LogP) is 4.83. The van der Waals surface area contributed by atoms with Crippen molar-refractivity contribution in [1.29, 1.82) is 0 Å². The van der Waals surface area contributed by atoms with Crippen LogP contribution in [-0.4, -0.2) is 20.9 Å². The van der Waals surface area contributed by atoms with Gasteiger partial charge < -0.3 is 5.11 Å². The number of rotatable bonds is 2. The third kappa shape index (κ3) is 3.03. The summed E-state index contributed by atoms with van der Waals surface area (Å²) in [7, 11) is 0. The lowest BCUT2D eigenvalue weighted by atomic mass is 9.89. The van der Waals surface area contributed by atoms with E-state index in [1.807, 2.05) is 20.8 Å². The summed E-state index contributed by atoms with van der Waals surface area (Å²) in [6, 6.07) is 4.83. The molecule has 0 spiro atoms. The molecule has 0 amide bonds. The molecule has 0 atom stereocenters. The molecule has 2 aromatic rings. The summed E-state index contributed by atoms with van der Waals surface area (Å²) in [4.78, 5) is 11.5. The van der Waals surface area contributed by atoms with Crippen LogP contribution in [0.25, 0.3) is 5.69 Å². The molecule has 1 aromatic carbocycles. The predicted molar refractivity (Wildman–Crippen MR) is 84.3 cm³/mol. The highest BCUT2D eigenvalue weighted by Crippen LogP contribution is 2.34. The third-order valence-corrected chi connectivity index (χ3v) is 3.78. The molecule has 21 heavy (non-hydrogen) atoms. The highest BCUT2D eigenvalue weighted by Gasteiger charge is 2.30. The molecule has 0 bridgehead atoms. The van der Waals surface area contributed by atoms with E-state index in [1.165, 1.54) is 4.68 Å². The van der Waals surface area contributed by atoms with E-state index < -0.39 is 11.4 Å². The SMILES string of the molecule is CC(C)(C)c1nn(-c2ccc(Cl)cc2Cl)c(Cl)c1C(=O)O. The number of hydrogen-bond donors (Lipinski definition) is 1. The van der Waals surface area contributed by atoms with Crippen LogP contribution in [0.15, 0.2) is 18.2 Å². The van der Waals surface area contributed by atoms with Gasteiger partial charge in [-0.15, -0.1) is 0 Å². The molecule has 0 fully saturated rings. The van der Waals surface area contributed by atoms with Crippen LogP contribution in [-0.2, 0) is 5.41 Å². The Balaban J connectivity index is 2.74. The maximum absolute atomic E-state index is 11.5. The fraction of sp³-hybridized carbons (Fsp3) is 0.286. The summed E-state index contributed by atoms with van der Waals surface area (Å²) in [5, 5.41) is 14.6. The van der Waals surface area contributed by atoms with Crippen molar-refractivity contribution >= 4 is 40.8 Å². The Hall–Kier alpha value is -1.23. The molecule has 0 aliphatic carbocycles. The number of carboxylic acids is 1. The van der Waals surface area contributed by atoms with Crippen LogP contribution in [0.2, 0.25) is 15.2 Å². The van der Waals surface area contributed by atoms with Gasteiger partial charge in [-0.05, 0) is 18.2 Å². The van der Waals surface area contributed by atoms with Crippen molar-refractivity contribution in [3.63, 3.8) is 0 Å². The molecule has 0 saturated heterocycles. The maximum atomic E-state index is 11.5. The zero-order valence-electron chi connectivity index (χ0n) is 11.6. The lowest BCUT2D eigenvalue weighted by Gasteiger charge is -2.15. The lowest BCUT2D eigenvalue weighted by Crippen LogP contribution is -2.16. The standard InChI is InChI=1S/C14H13Cl3N2O2/c1-14(2,3)11-10(13(20)21)12(17)19(18-11)9-5-4-7(15)6-8(9)16/h4-6H,1-3H3,(H,20,21).